The highest BCUT2D eigenvalue weighted by Gasteiger charge is 2.22. The lowest BCUT2D eigenvalue weighted by Gasteiger charge is -2.14. The van der Waals surface area contributed by atoms with E-state index in [-0.39, 0.29) is 5.41 Å². The Morgan fingerprint density at radius 2 is 2.00 bits per heavy atom. The Hall–Kier alpha value is -1.85. The summed E-state index contributed by atoms with van der Waals surface area (Å²) in [5.41, 5.74) is 0.994. The van der Waals surface area contributed by atoms with Crippen LogP contribution in [0.5, 0.6) is 0 Å². The van der Waals surface area contributed by atoms with Gasteiger partial charge in [0.2, 0.25) is 11.8 Å². The van der Waals surface area contributed by atoms with Crippen LogP contribution in [0.25, 0.3) is 0 Å². The van der Waals surface area contributed by atoms with Crippen molar-refractivity contribution in [2.45, 2.75) is 52.5 Å². The lowest BCUT2D eigenvalue weighted by atomic mass is 9.97. The predicted octanol–water partition coefficient (Wildman–Crippen LogP) is 2.85. The van der Waals surface area contributed by atoms with Gasteiger partial charge in [0, 0.05) is 24.2 Å². The Morgan fingerprint density at radius 1 is 1.30 bits per heavy atom. The summed E-state index contributed by atoms with van der Waals surface area (Å²) in [6.07, 6.45) is 0. The van der Waals surface area contributed by atoms with E-state index >= 15 is 0 Å². The molecule has 20 heavy (non-hydrogen) atoms. The molecule has 0 unspecified atom stereocenters. The van der Waals surface area contributed by atoms with E-state index in [1.165, 1.54) is 0 Å². The molecular weight excluding hydrogens is 254 g/mol. The van der Waals surface area contributed by atoms with Crippen molar-refractivity contribution < 1.29 is 4.42 Å². The maximum Gasteiger partial charge on any atom is 0.235 e. The van der Waals surface area contributed by atoms with Crippen molar-refractivity contribution in [3.63, 3.8) is 0 Å². The summed E-state index contributed by atoms with van der Waals surface area (Å²) in [5, 5.41) is 15.5. The van der Waals surface area contributed by atoms with Crippen molar-refractivity contribution in [2.24, 2.45) is 0 Å². The number of H-pyrrole nitrogens is 1. The van der Waals surface area contributed by atoms with Gasteiger partial charge in [-0.2, -0.15) is 5.10 Å². The fraction of sp³-hybridized carbons (Fsp3) is 0.643. The first-order valence-electron chi connectivity index (χ1n) is 6.86. The molecule has 2 aromatic rings. The van der Waals surface area contributed by atoms with Crippen LogP contribution in [0.15, 0.2) is 10.5 Å². The molecule has 0 atom stereocenters. The fourth-order valence-corrected chi connectivity index (χ4v) is 1.72. The van der Waals surface area contributed by atoms with E-state index in [0.717, 1.165) is 11.5 Å². The Bertz CT molecular complexity index is 564. The minimum atomic E-state index is -0.124. The molecule has 0 spiro atoms. The fourth-order valence-electron chi connectivity index (χ4n) is 1.72. The number of nitrogens with zero attached hydrogens (tertiary/aromatic N) is 4. The zero-order valence-electron chi connectivity index (χ0n) is 13.1. The number of rotatable bonds is 4. The van der Waals surface area contributed by atoms with E-state index in [4.69, 9.17) is 4.42 Å². The van der Waals surface area contributed by atoms with Gasteiger partial charge in [-0.1, -0.05) is 34.6 Å². The minimum Gasteiger partial charge on any atom is -0.423 e. The summed E-state index contributed by atoms with van der Waals surface area (Å²) in [6, 6.07) is 2.05. The third-order valence-corrected chi connectivity index (χ3v) is 3.08. The average molecular weight is 277 g/mol. The monoisotopic (exact) mass is 277 g/mol. The minimum absolute atomic E-state index is 0.124. The molecule has 0 aliphatic rings. The van der Waals surface area contributed by atoms with Gasteiger partial charge < -0.3 is 9.32 Å². The predicted molar refractivity (Wildman–Crippen MR) is 77.8 cm³/mol. The SMILES string of the molecule is CC(C)c1cc(N(C)Cc2nnc(C(C)(C)C)o2)n[nH]1. The lowest BCUT2D eigenvalue weighted by molar-refractivity contribution is 0.371. The highest BCUT2D eigenvalue weighted by atomic mass is 16.4. The van der Waals surface area contributed by atoms with E-state index in [2.05, 4.69) is 55.0 Å². The molecule has 2 aromatic heterocycles. The zero-order chi connectivity index (χ0) is 14.9. The van der Waals surface area contributed by atoms with E-state index < -0.39 is 0 Å². The van der Waals surface area contributed by atoms with Gasteiger partial charge >= 0.3 is 0 Å². The second-order valence-electron chi connectivity index (χ2n) is 6.44. The number of aromatic amines is 1. The van der Waals surface area contributed by atoms with Crippen molar-refractivity contribution in [3.8, 4) is 0 Å². The first-order chi connectivity index (χ1) is 9.27. The van der Waals surface area contributed by atoms with Gasteiger partial charge in [0.25, 0.3) is 0 Å². The van der Waals surface area contributed by atoms with Gasteiger partial charge in [0.15, 0.2) is 5.82 Å². The Balaban J connectivity index is 2.07. The first kappa shape index (κ1) is 14.6. The highest BCUT2D eigenvalue weighted by Crippen LogP contribution is 2.22. The van der Waals surface area contributed by atoms with Crippen molar-refractivity contribution >= 4 is 5.82 Å². The van der Waals surface area contributed by atoms with Crippen LogP contribution in [0.3, 0.4) is 0 Å². The molecular formula is C14H23N5O. The molecule has 2 rings (SSSR count). The second-order valence-corrected chi connectivity index (χ2v) is 6.44. The molecule has 2 heterocycles. The maximum absolute atomic E-state index is 5.69. The van der Waals surface area contributed by atoms with E-state index in [9.17, 15) is 0 Å². The topological polar surface area (TPSA) is 70.8 Å². The van der Waals surface area contributed by atoms with Crippen LogP contribution in [0.4, 0.5) is 5.82 Å². The Morgan fingerprint density at radius 3 is 2.50 bits per heavy atom. The maximum atomic E-state index is 5.69. The summed E-state index contributed by atoms with van der Waals surface area (Å²) < 4.78 is 5.69. The molecule has 0 aromatic carbocycles. The lowest BCUT2D eigenvalue weighted by Crippen LogP contribution is -2.17. The van der Waals surface area contributed by atoms with Crippen molar-refractivity contribution in [1.82, 2.24) is 20.4 Å². The average Bonchev–Trinajstić information content (AvgIpc) is 2.95. The highest BCUT2D eigenvalue weighted by molar-refractivity contribution is 5.38. The van der Waals surface area contributed by atoms with Crippen LogP contribution >= 0.6 is 0 Å². The third kappa shape index (κ3) is 3.18. The molecule has 0 radical (unpaired) electrons. The van der Waals surface area contributed by atoms with Crippen molar-refractivity contribution in [2.75, 3.05) is 11.9 Å². The van der Waals surface area contributed by atoms with Gasteiger partial charge in [-0.25, -0.2) is 0 Å². The molecule has 0 amide bonds. The molecule has 110 valence electrons. The zero-order valence-corrected chi connectivity index (χ0v) is 13.1. The second kappa shape index (κ2) is 5.26. The molecule has 0 saturated carbocycles. The van der Waals surface area contributed by atoms with Crippen LogP contribution in [0.2, 0.25) is 0 Å². The van der Waals surface area contributed by atoms with Gasteiger partial charge in [0.05, 0.1) is 6.54 Å². The number of aromatic nitrogens is 4. The van der Waals surface area contributed by atoms with Gasteiger partial charge in [-0.15, -0.1) is 10.2 Å². The smallest absolute Gasteiger partial charge is 0.235 e. The summed E-state index contributed by atoms with van der Waals surface area (Å²) >= 11 is 0. The number of nitrogens with one attached hydrogen (secondary N) is 1. The van der Waals surface area contributed by atoms with Crippen LogP contribution in [0.1, 0.15) is 58.0 Å². The Labute approximate surface area is 119 Å². The molecule has 6 heteroatoms. The van der Waals surface area contributed by atoms with Crippen LogP contribution < -0.4 is 4.90 Å². The molecule has 1 N–H and O–H groups in total. The summed E-state index contributed by atoms with van der Waals surface area (Å²) in [4.78, 5) is 1.99. The molecule has 0 aliphatic carbocycles. The van der Waals surface area contributed by atoms with Crippen LogP contribution in [-0.4, -0.2) is 27.4 Å². The summed E-state index contributed by atoms with van der Waals surface area (Å²) in [7, 11) is 1.96. The third-order valence-electron chi connectivity index (χ3n) is 3.08. The first-order valence-corrected chi connectivity index (χ1v) is 6.86. The normalized spacial score (nSPS) is 12.2. The van der Waals surface area contributed by atoms with Crippen LogP contribution in [-0.2, 0) is 12.0 Å². The molecule has 6 nitrogen and oxygen atoms in total. The van der Waals surface area contributed by atoms with Gasteiger partial charge in [-0.05, 0) is 5.92 Å². The number of hydrogen-bond acceptors (Lipinski definition) is 5. The quantitative estimate of drug-likeness (QED) is 0.930. The van der Waals surface area contributed by atoms with Crippen molar-refractivity contribution in [3.05, 3.63) is 23.5 Å². The Kier molecular flexibility index (Phi) is 3.83. The van der Waals surface area contributed by atoms with E-state index in [1.807, 2.05) is 18.0 Å². The number of hydrogen-bond donors (Lipinski definition) is 1. The number of anilines is 1. The van der Waals surface area contributed by atoms with Gasteiger partial charge in [0.1, 0.15) is 0 Å². The molecule has 0 fully saturated rings. The van der Waals surface area contributed by atoms with Gasteiger partial charge in [-0.3, -0.25) is 5.10 Å². The largest absolute Gasteiger partial charge is 0.423 e. The summed E-state index contributed by atoms with van der Waals surface area (Å²) in [5.74, 6) is 2.57. The van der Waals surface area contributed by atoms with Crippen molar-refractivity contribution in [1.29, 1.82) is 0 Å². The molecule has 0 saturated heterocycles. The standard InChI is InChI=1S/C14H23N5O/c1-9(2)10-7-11(16-15-10)19(6)8-12-17-18-13(20-12)14(3,4)5/h7,9H,8H2,1-6H3,(H,15,16). The molecule has 0 bridgehead atoms. The van der Waals surface area contributed by atoms with E-state index in [0.29, 0.717) is 24.2 Å². The molecule has 0 aliphatic heterocycles. The van der Waals surface area contributed by atoms with Crippen LogP contribution in [0, 0.1) is 0 Å². The summed E-state index contributed by atoms with van der Waals surface area (Å²) in [6.45, 7) is 11.0. The van der Waals surface area contributed by atoms with E-state index in [1.54, 1.807) is 0 Å².